The summed E-state index contributed by atoms with van der Waals surface area (Å²) in [5, 5.41) is 5.02. The molecular weight excluding hydrogens is 262 g/mol. The minimum atomic E-state index is -0.385. The molecule has 110 valence electrons. The van der Waals surface area contributed by atoms with Gasteiger partial charge in [0, 0.05) is 11.8 Å². The second-order valence-electron chi connectivity index (χ2n) is 3.83. The van der Waals surface area contributed by atoms with Gasteiger partial charge in [0.05, 0.1) is 26.8 Å². The average molecular weight is 281 g/mol. The summed E-state index contributed by atoms with van der Waals surface area (Å²) < 4.78 is 10.5. The van der Waals surface area contributed by atoms with Gasteiger partial charge in [0.2, 0.25) is 11.8 Å². The summed E-state index contributed by atoms with van der Waals surface area (Å²) in [5.74, 6) is 0.391. The van der Waals surface area contributed by atoms with Crippen molar-refractivity contribution in [1.82, 2.24) is 5.32 Å². The Kier molecular flexibility index (Phi) is 6.31. The molecule has 0 atom stereocenters. The van der Waals surface area contributed by atoms with Crippen LogP contribution in [0.1, 0.15) is 6.92 Å². The SMILES string of the molecule is CCOc1ccc(NC(=O)CNC(=O)CN)cc1OC. The third-order valence-corrected chi connectivity index (χ3v) is 2.38. The molecule has 0 saturated heterocycles. The van der Waals surface area contributed by atoms with Crippen molar-refractivity contribution in [3.63, 3.8) is 0 Å². The highest BCUT2D eigenvalue weighted by Crippen LogP contribution is 2.30. The van der Waals surface area contributed by atoms with Crippen molar-refractivity contribution in [2.24, 2.45) is 5.73 Å². The number of rotatable bonds is 7. The number of nitrogens with two attached hydrogens (primary N) is 1. The molecule has 0 heterocycles. The Labute approximate surface area is 117 Å². The number of hydrogen-bond donors (Lipinski definition) is 3. The maximum atomic E-state index is 11.6. The molecule has 1 aromatic rings. The molecule has 0 unspecified atom stereocenters. The first-order valence-electron chi connectivity index (χ1n) is 6.18. The zero-order valence-corrected chi connectivity index (χ0v) is 11.6. The first-order chi connectivity index (χ1) is 9.60. The molecule has 0 spiro atoms. The molecular formula is C13H19N3O4. The smallest absolute Gasteiger partial charge is 0.243 e. The molecule has 1 aromatic carbocycles. The van der Waals surface area contributed by atoms with Crippen molar-refractivity contribution in [3.05, 3.63) is 18.2 Å². The molecule has 7 nitrogen and oxygen atoms in total. The van der Waals surface area contributed by atoms with Gasteiger partial charge in [0.15, 0.2) is 11.5 Å². The molecule has 0 radical (unpaired) electrons. The minimum absolute atomic E-state index is 0.133. The quantitative estimate of drug-likeness (QED) is 0.658. The largest absolute Gasteiger partial charge is 0.493 e. The second-order valence-corrected chi connectivity index (χ2v) is 3.83. The first kappa shape index (κ1) is 15.8. The molecule has 0 aliphatic carbocycles. The fraction of sp³-hybridized carbons (Fsp3) is 0.385. The number of carbonyl (C=O) groups excluding carboxylic acids is 2. The van der Waals surface area contributed by atoms with Crippen LogP contribution in [0.25, 0.3) is 0 Å². The maximum absolute atomic E-state index is 11.6. The summed E-state index contributed by atoms with van der Waals surface area (Å²) in [6, 6.07) is 5.04. The average Bonchev–Trinajstić information content (AvgIpc) is 2.46. The van der Waals surface area contributed by atoms with Crippen molar-refractivity contribution >= 4 is 17.5 Å². The van der Waals surface area contributed by atoms with Crippen molar-refractivity contribution in [1.29, 1.82) is 0 Å². The summed E-state index contributed by atoms with van der Waals surface area (Å²) in [6.07, 6.45) is 0. The molecule has 0 aromatic heterocycles. The topological polar surface area (TPSA) is 103 Å². The van der Waals surface area contributed by atoms with E-state index in [4.69, 9.17) is 15.2 Å². The first-order valence-corrected chi connectivity index (χ1v) is 6.18. The summed E-state index contributed by atoms with van der Waals surface area (Å²) >= 11 is 0. The number of nitrogens with one attached hydrogen (secondary N) is 2. The normalized spacial score (nSPS) is 9.75. The highest BCUT2D eigenvalue weighted by atomic mass is 16.5. The van der Waals surface area contributed by atoms with Crippen LogP contribution in [0.2, 0.25) is 0 Å². The third-order valence-electron chi connectivity index (χ3n) is 2.38. The lowest BCUT2D eigenvalue weighted by Crippen LogP contribution is -2.36. The summed E-state index contributed by atoms with van der Waals surface area (Å²) in [5.41, 5.74) is 5.67. The van der Waals surface area contributed by atoms with E-state index >= 15 is 0 Å². The van der Waals surface area contributed by atoms with Crippen LogP contribution in [-0.2, 0) is 9.59 Å². The standard InChI is InChI=1S/C13H19N3O4/c1-3-20-10-5-4-9(6-11(10)19-2)16-13(18)8-15-12(17)7-14/h4-6H,3,7-8,14H2,1-2H3,(H,15,17)(H,16,18). The summed E-state index contributed by atoms with van der Waals surface area (Å²) in [6.45, 7) is 2.11. The van der Waals surface area contributed by atoms with Crippen LogP contribution in [0.4, 0.5) is 5.69 Å². The third kappa shape index (κ3) is 4.77. The molecule has 0 aliphatic rings. The summed E-state index contributed by atoms with van der Waals surface area (Å²) in [7, 11) is 1.52. The van der Waals surface area contributed by atoms with E-state index in [-0.39, 0.29) is 24.9 Å². The van der Waals surface area contributed by atoms with E-state index in [2.05, 4.69) is 10.6 Å². The molecule has 4 N–H and O–H groups in total. The van der Waals surface area contributed by atoms with Gasteiger partial charge in [-0.15, -0.1) is 0 Å². The van der Waals surface area contributed by atoms with E-state index in [1.165, 1.54) is 7.11 Å². The van der Waals surface area contributed by atoms with Crippen molar-refractivity contribution < 1.29 is 19.1 Å². The Balaban J connectivity index is 2.63. The zero-order chi connectivity index (χ0) is 15.0. The van der Waals surface area contributed by atoms with Gasteiger partial charge < -0.3 is 25.8 Å². The van der Waals surface area contributed by atoms with Crippen molar-refractivity contribution in [3.8, 4) is 11.5 Å². The van der Waals surface area contributed by atoms with Crippen LogP contribution in [0.3, 0.4) is 0 Å². The number of hydrogen-bond acceptors (Lipinski definition) is 5. The Morgan fingerprint density at radius 3 is 2.60 bits per heavy atom. The Hall–Kier alpha value is -2.28. The number of benzene rings is 1. The monoisotopic (exact) mass is 281 g/mol. The molecule has 0 fully saturated rings. The molecule has 7 heteroatoms. The van der Waals surface area contributed by atoms with Crippen LogP contribution in [0.15, 0.2) is 18.2 Å². The van der Waals surface area contributed by atoms with Crippen LogP contribution in [0.5, 0.6) is 11.5 Å². The van der Waals surface area contributed by atoms with Crippen LogP contribution in [-0.4, -0.2) is 38.6 Å². The number of ether oxygens (including phenoxy) is 2. The number of amides is 2. The van der Waals surface area contributed by atoms with E-state index in [0.29, 0.717) is 23.8 Å². The lowest BCUT2D eigenvalue weighted by molar-refractivity contribution is -0.123. The van der Waals surface area contributed by atoms with E-state index in [1.54, 1.807) is 18.2 Å². The Morgan fingerprint density at radius 2 is 2.00 bits per heavy atom. The number of methoxy groups -OCH3 is 1. The van der Waals surface area contributed by atoms with Crippen LogP contribution < -0.4 is 25.8 Å². The maximum Gasteiger partial charge on any atom is 0.243 e. The minimum Gasteiger partial charge on any atom is -0.493 e. The van der Waals surface area contributed by atoms with E-state index in [0.717, 1.165) is 0 Å². The van der Waals surface area contributed by atoms with Crippen LogP contribution in [0, 0.1) is 0 Å². The molecule has 0 aliphatic heterocycles. The van der Waals surface area contributed by atoms with E-state index < -0.39 is 0 Å². The summed E-state index contributed by atoms with van der Waals surface area (Å²) in [4.78, 5) is 22.5. The van der Waals surface area contributed by atoms with Crippen molar-refractivity contribution in [2.75, 3.05) is 32.1 Å². The van der Waals surface area contributed by atoms with Gasteiger partial charge in [-0.1, -0.05) is 0 Å². The Bertz CT molecular complexity index is 477. The van der Waals surface area contributed by atoms with Gasteiger partial charge >= 0.3 is 0 Å². The molecule has 20 heavy (non-hydrogen) atoms. The zero-order valence-electron chi connectivity index (χ0n) is 11.6. The fourth-order valence-electron chi connectivity index (χ4n) is 1.48. The van der Waals surface area contributed by atoms with Crippen molar-refractivity contribution in [2.45, 2.75) is 6.92 Å². The predicted octanol–water partition coefficient (Wildman–Crippen LogP) is 0.107. The van der Waals surface area contributed by atoms with Gasteiger partial charge in [-0.05, 0) is 19.1 Å². The van der Waals surface area contributed by atoms with Gasteiger partial charge in [-0.2, -0.15) is 0 Å². The molecule has 1 rings (SSSR count). The van der Waals surface area contributed by atoms with E-state index in [1.807, 2.05) is 6.92 Å². The lowest BCUT2D eigenvalue weighted by Gasteiger charge is -2.12. The number of anilines is 1. The highest BCUT2D eigenvalue weighted by Gasteiger charge is 2.08. The van der Waals surface area contributed by atoms with Gasteiger partial charge in [-0.3, -0.25) is 9.59 Å². The lowest BCUT2D eigenvalue weighted by atomic mass is 10.2. The number of carbonyl (C=O) groups is 2. The highest BCUT2D eigenvalue weighted by molar-refractivity contribution is 5.94. The van der Waals surface area contributed by atoms with Gasteiger partial charge in [0.1, 0.15) is 0 Å². The Morgan fingerprint density at radius 1 is 1.25 bits per heavy atom. The molecule has 2 amide bonds. The van der Waals surface area contributed by atoms with E-state index in [9.17, 15) is 9.59 Å². The van der Waals surface area contributed by atoms with Crippen LogP contribution >= 0.6 is 0 Å². The van der Waals surface area contributed by atoms with Gasteiger partial charge in [0.25, 0.3) is 0 Å². The van der Waals surface area contributed by atoms with Gasteiger partial charge in [-0.25, -0.2) is 0 Å². The molecule has 0 saturated carbocycles. The predicted molar refractivity (Wildman–Crippen MR) is 74.9 cm³/mol. The fourth-order valence-corrected chi connectivity index (χ4v) is 1.48. The molecule has 0 bridgehead atoms. The second kappa shape index (κ2) is 8.00.